The van der Waals surface area contributed by atoms with Crippen LogP contribution in [0.15, 0.2) is 0 Å². The molecule has 0 saturated carbocycles. The van der Waals surface area contributed by atoms with Crippen molar-refractivity contribution in [3.05, 3.63) is 0 Å². The summed E-state index contributed by atoms with van der Waals surface area (Å²) in [6, 6.07) is 0. The van der Waals surface area contributed by atoms with Gasteiger partial charge in [-0.25, -0.2) is 0 Å². The molecule has 0 aromatic heterocycles. The van der Waals surface area contributed by atoms with Crippen LogP contribution < -0.4 is 0 Å². The summed E-state index contributed by atoms with van der Waals surface area (Å²) >= 11 is 0. The highest BCUT2D eigenvalue weighted by Gasteiger charge is 2.55. The molecule has 36 heavy (non-hydrogen) atoms. The number of rotatable bonds is 24. The van der Waals surface area contributed by atoms with E-state index < -0.39 is 0 Å². The average molecular weight is 509 g/mol. The fourth-order valence-electron chi connectivity index (χ4n) is 6.79. The quantitative estimate of drug-likeness (QED) is 0.0956. The molecule has 0 aromatic carbocycles. The molecular formula is C34H68O2. The van der Waals surface area contributed by atoms with E-state index in [1.165, 1.54) is 83.5 Å². The van der Waals surface area contributed by atoms with Crippen LogP contribution in [-0.2, 0) is 9.53 Å². The normalized spacial score (nSPS) is 17.7. The molecule has 0 aliphatic heterocycles. The van der Waals surface area contributed by atoms with E-state index in [9.17, 15) is 4.79 Å². The van der Waals surface area contributed by atoms with Gasteiger partial charge < -0.3 is 4.74 Å². The topological polar surface area (TPSA) is 26.3 Å². The van der Waals surface area contributed by atoms with E-state index in [-0.39, 0.29) is 17.5 Å². The van der Waals surface area contributed by atoms with Crippen molar-refractivity contribution in [3.63, 3.8) is 0 Å². The Labute approximate surface area is 228 Å². The lowest BCUT2D eigenvalue weighted by atomic mass is 9.54. The zero-order valence-electron chi connectivity index (χ0n) is 26.4. The molecule has 5 unspecified atom stereocenters. The first-order chi connectivity index (χ1) is 17.3. The summed E-state index contributed by atoms with van der Waals surface area (Å²) in [5, 5.41) is 0. The summed E-state index contributed by atoms with van der Waals surface area (Å²) in [6.07, 6.45) is 21.8. The lowest BCUT2D eigenvalue weighted by Gasteiger charge is -2.50. The minimum Gasteiger partial charge on any atom is -0.462 e. The molecule has 0 saturated heterocycles. The van der Waals surface area contributed by atoms with Gasteiger partial charge in [0.15, 0.2) is 0 Å². The van der Waals surface area contributed by atoms with Gasteiger partial charge in [0.1, 0.15) is 0 Å². The Morgan fingerprint density at radius 2 is 1.00 bits per heavy atom. The second-order valence-corrected chi connectivity index (χ2v) is 12.3. The molecule has 0 bridgehead atoms. The van der Waals surface area contributed by atoms with E-state index in [0.29, 0.717) is 23.7 Å². The van der Waals surface area contributed by atoms with Gasteiger partial charge in [0.05, 0.1) is 11.5 Å². The van der Waals surface area contributed by atoms with Crippen LogP contribution in [-0.4, -0.2) is 12.1 Å². The van der Waals surface area contributed by atoms with Crippen molar-refractivity contribution in [1.29, 1.82) is 0 Å². The van der Waals surface area contributed by atoms with Gasteiger partial charge in [0.25, 0.3) is 0 Å². The first-order valence-electron chi connectivity index (χ1n) is 16.5. The maximum absolute atomic E-state index is 14.6. The summed E-state index contributed by atoms with van der Waals surface area (Å²) in [6.45, 7) is 20.8. The number of hydrogen-bond donors (Lipinski definition) is 0. The van der Waals surface area contributed by atoms with Gasteiger partial charge in [0.2, 0.25) is 0 Å². The molecule has 0 amide bonds. The summed E-state index contributed by atoms with van der Waals surface area (Å²) in [5.74, 6) is 1.85. The Morgan fingerprint density at radius 3 is 1.50 bits per heavy atom. The summed E-state index contributed by atoms with van der Waals surface area (Å²) in [7, 11) is 0. The van der Waals surface area contributed by atoms with E-state index in [4.69, 9.17) is 4.74 Å². The van der Waals surface area contributed by atoms with Crippen LogP contribution in [0.4, 0.5) is 0 Å². The molecule has 0 aliphatic carbocycles. The van der Waals surface area contributed by atoms with Gasteiger partial charge in [-0.15, -0.1) is 0 Å². The second kappa shape index (κ2) is 21.4. The van der Waals surface area contributed by atoms with Gasteiger partial charge in [-0.3, -0.25) is 4.79 Å². The SMILES string of the molecule is CCCCCCCC(C(C)CCCC)C(C(=O)OC(C)CCCC)(C(C)CCCC)C(C)CCCC. The number of hydrogen-bond acceptors (Lipinski definition) is 2. The third kappa shape index (κ3) is 11.9. The molecule has 0 radical (unpaired) electrons. The van der Waals surface area contributed by atoms with Crippen LogP contribution in [0.5, 0.6) is 0 Å². The van der Waals surface area contributed by atoms with E-state index in [2.05, 4.69) is 62.3 Å². The van der Waals surface area contributed by atoms with Crippen molar-refractivity contribution in [3.8, 4) is 0 Å². The molecule has 0 rings (SSSR count). The highest BCUT2D eigenvalue weighted by atomic mass is 16.5. The first kappa shape index (κ1) is 35.5. The van der Waals surface area contributed by atoms with Crippen molar-refractivity contribution in [1.82, 2.24) is 0 Å². The van der Waals surface area contributed by atoms with Gasteiger partial charge in [-0.1, -0.05) is 145 Å². The molecule has 0 fully saturated rings. The van der Waals surface area contributed by atoms with Crippen LogP contribution in [0.3, 0.4) is 0 Å². The third-order valence-electron chi connectivity index (χ3n) is 9.17. The van der Waals surface area contributed by atoms with Gasteiger partial charge in [0, 0.05) is 0 Å². The van der Waals surface area contributed by atoms with E-state index >= 15 is 0 Å². The molecule has 2 heteroatoms. The Balaban J connectivity index is 6.49. The van der Waals surface area contributed by atoms with Crippen molar-refractivity contribution in [2.45, 2.75) is 184 Å². The smallest absolute Gasteiger partial charge is 0.313 e. The zero-order chi connectivity index (χ0) is 27.4. The highest BCUT2D eigenvalue weighted by Crippen LogP contribution is 2.53. The standard InChI is InChI=1S/C34H68O2/c1-10-15-20-21-22-27-32(28(6)23-16-11-2)34(29(7)24-17-12-3,30(8)25-18-13-4)33(35)36-31(9)26-19-14-5/h28-32H,10-27H2,1-9H3. The van der Waals surface area contributed by atoms with Crippen LogP contribution in [0.1, 0.15) is 178 Å². The molecule has 0 N–H and O–H groups in total. The lowest BCUT2D eigenvalue weighted by molar-refractivity contribution is -0.179. The molecule has 5 atom stereocenters. The molecule has 216 valence electrons. The number of unbranched alkanes of at least 4 members (excludes halogenated alkanes) is 8. The minimum absolute atomic E-state index is 0.0183. The van der Waals surface area contributed by atoms with Crippen molar-refractivity contribution in [2.75, 3.05) is 0 Å². The van der Waals surface area contributed by atoms with Crippen molar-refractivity contribution < 1.29 is 9.53 Å². The van der Waals surface area contributed by atoms with Crippen LogP contribution >= 0.6 is 0 Å². The van der Waals surface area contributed by atoms with Crippen LogP contribution in [0.25, 0.3) is 0 Å². The second-order valence-electron chi connectivity index (χ2n) is 12.3. The monoisotopic (exact) mass is 509 g/mol. The predicted octanol–water partition coefficient (Wildman–Crippen LogP) is 11.6. The largest absolute Gasteiger partial charge is 0.462 e. The van der Waals surface area contributed by atoms with Crippen molar-refractivity contribution >= 4 is 5.97 Å². The maximum Gasteiger partial charge on any atom is 0.313 e. The maximum atomic E-state index is 14.6. The summed E-state index contributed by atoms with van der Waals surface area (Å²) in [5.41, 5.74) is -0.372. The minimum atomic E-state index is -0.372. The fraction of sp³-hybridized carbons (Fsp3) is 0.971. The first-order valence-corrected chi connectivity index (χ1v) is 16.5. The Kier molecular flexibility index (Phi) is 21.1. The van der Waals surface area contributed by atoms with E-state index in [1.54, 1.807) is 0 Å². The van der Waals surface area contributed by atoms with Gasteiger partial charge in [-0.2, -0.15) is 0 Å². The number of ether oxygens (including phenoxy) is 1. The average Bonchev–Trinajstić information content (AvgIpc) is 2.86. The number of esters is 1. The Hall–Kier alpha value is -0.530. The van der Waals surface area contributed by atoms with Crippen LogP contribution in [0.2, 0.25) is 0 Å². The zero-order valence-corrected chi connectivity index (χ0v) is 26.4. The van der Waals surface area contributed by atoms with Gasteiger partial charge in [-0.05, 0) is 56.3 Å². The number of carbonyl (C=O) groups is 1. The molecule has 0 aromatic rings. The Morgan fingerprint density at radius 1 is 0.556 bits per heavy atom. The molecule has 0 spiro atoms. The molecule has 0 aliphatic rings. The molecule has 2 nitrogen and oxygen atoms in total. The Bertz CT molecular complexity index is 499. The molecule has 0 heterocycles. The lowest BCUT2D eigenvalue weighted by Crippen LogP contribution is -2.52. The number of carbonyl (C=O) groups excluding carboxylic acids is 1. The summed E-state index contributed by atoms with van der Waals surface area (Å²) < 4.78 is 6.46. The predicted molar refractivity (Wildman–Crippen MR) is 160 cm³/mol. The van der Waals surface area contributed by atoms with E-state index in [1.807, 2.05) is 0 Å². The van der Waals surface area contributed by atoms with E-state index in [0.717, 1.165) is 32.1 Å². The highest BCUT2D eigenvalue weighted by molar-refractivity contribution is 5.78. The molecular weight excluding hydrogens is 440 g/mol. The summed E-state index contributed by atoms with van der Waals surface area (Å²) in [4.78, 5) is 14.6. The van der Waals surface area contributed by atoms with Crippen LogP contribution in [0, 0.1) is 29.1 Å². The fourth-order valence-corrected chi connectivity index (χ4v) is 6.79. The third-order valence-corrected chi connectivity index (χ3v) is 9.17. The van der Waals surface area contributed by atoms with Gasteiger partial charge >= 0.3 is 5.97 Å². The van der Waals surface area contributed by atoms with Crippen molar-refractivity contribution in [2.24, 2.45) is 29.1 Å².